The summed E-state index contributed by atoms with van der Waals surface area (Å²) in [5.74, 6) is 0.322. The van der Waals surface area contributed by atoms with Crippen LogP contribution in [0.4, 0.5) is 0 Å². The van der Waals surface area contributed by atoms with E-state index in [1.165, 1.54) is 16.7 Å². The number of aromatic hydroxyl groups is 1. The normalized spacial score (nSPS) is 10.7. The zero-order valence-electron chi connectivity index (χ0n) is 17.6. The van der Waals surface area contributed by atoms with Gasteiger partial charge in [-0.15, -0.1) is 0 Å². The van der Waals surface area contributed by atoms with Crippen molar-refractivity contribution in [3.05, 3.63) is 138 Å². The van der Waals surface area contributed by atoms with Gasteiger partial charge in [0.05, 0.1) is 0 Å². The van der Waals surface area contributed by atoms with Crippen molar-refractivity contribution in [2.75, 3.05) is 0 Å². The Labute approximate surface area is 189 Å². The number of rotatable bonds is 3. The maximum atomic E-state index is 8.74. The predicted octanol–water partition coefficient (Wildman–Crippen LogP) is 5.78. The third-order valence-corrected chi connectivity index (χ3v) is 4.81. The van der Waals surface area contributed by atoms with Gasteiger partial charge in [-0.1, -0.05) is 109 Å². The Balaban J connectivity index is 0.000000249. The first kappa shape index (κ1) is 24.8. The number of benzene rings is 4. The monoisotopic (exact) mass is 450 g/mol. The molecule has 0 atom stereocenters. The van der Waals surface area contributed by atoms with Crippen LogP contribution in [0.3, 0.4) is 0 Å². The predicted molar refractivity (Wildman–Crippen MR) is 127 cm³/mol. The van der Waals surface area contributed by atoms with E-state index >= 15 is 0 Å². The van der Waals surface area contributed by atoms with Crippen LogP contribution >= 0.6 is 0 Å². The van der Waals surface area contributed by atoms with E-state index in [9.17, 15) is 0 Å². The molecule has 0 amide bonds. The molecule has 0 aromatic heterocycles. The number of para-hydroxylation sites is 1. The lowest BCUT2D eigenvalue weighted by molar-refractivity contribution is 0.381. The smallest absolute Gasteiger partial charge is 0.394 e. The zero-order valence-corrected chi connectivity index (χ0v) is 18.4. The molecule has 0 radical (unpaired) electrons. The molecule has 0 saturated heterocycles. The molecule has 0 aliphatic carbocycles. The van der Waals surface area contributed by atoms with Gasteiger partial charge in [-0.25, -0.2) is 0 Å². The second-order valence-electron chi connectivity index (χ2n) is 7.01. The molecular weight excluding hydrogens is 424 g/mol. The van der Waals surface area contributed by atoms with Gasteiger partial charge in [0, 0.05) is 5.41 Å². The summed E-state index contributed by atoms with van der Waals surface area (Å²) < 4.78 is 31.6. The fourth-order valence-electron chi connectivity index (χ4n) is 3.24. The van der Waals surface area contributed by atoms with Gasteiger partial charge in [-0.3, -0.25) is 9.11 Å². The average Bonchev–Trinajstić information content (AvgIpc) is 2.80. The fraction of sp³-hybridized carbons (Fsp3) is 0.0769. The van der Waals surface area contributed by atoms with Crippen molar-refractivity contribution < 1.29 is 22.6 Å². The highest BCUT2D eigenvalue weighted by molar-refractivity contribution is 7.79. The van der Waals surface area contributed by atoms with Crippen LogP contribution in [0.5, 0.6) is 5.75 Å². The van der Waals surface area contributed by atoms with E-state index in [1.807, 2.05) is 6.07 Å². The molecule has 4 aromatic carbocycles. The SMILES string of the molecule is CC(c1ccccc1)(c1ccccc1)c1ccccc1.O=S(=O)(O)O.Oc1ccccc1. The Bertz CT molecular complexity index is 1040. The van der Waals surface area contributed by atoms with Crippen LogP contribution < -0.4 is 0 Å². The standard InChI is InChI=1S/C20H18.C6H6O.H2O4S/c1-20(17-11-5-2-6-12-17,18-13-7-3-8-14-18)19-15-9-4-10-16-19;7-6-4-2-1-3-5-6;1-5(2,3)4/h2-16H,1H3;1-5,7H;(H2,1,2,3,4). The van der Waals surface area contributed by atoms with Gasteiger partial charge < -0.3 is 5.11 Å². The van der Waals surface area contributed by atoms with Crippen molar-refractivity contribution in [1.82, 2.24) is 0 Å². The van der Waals surface area contributed by atoms with E-state index in [2.05, 4.69) is 97.9 Å². The Morgan fingerprint density at radius 2 is 0.750 bits per heavy atom. The lowest BCUT2D eigenvalue weighted by atomic mass is 9.71. The summed E-state index contributed by atoms with van der Waals surface area (Å²) in [4.78, 5) is 0. The minimum absolute atomic E-state index is 0.121. The molecule has 6 heteroatoms. The number of hydrogen-bond donors (Lipinski definition) is 3. The van der Waals surface area contributed by atoms with Crippen LogP contribution in [0.2, 0.25) is 0 Å². The summed E-state index contributed by atoms with van der Waals surface area (Å²) in [6.07, 6.45) is 0. The van der Waals surface area contributed by atoms with Gasteiger partial charge >= 0.3 is 10.4 Å². The van der Waals surface area contributed by atoms with Crippen molar-refractivity contribution in [1.29, 1.82) is 0 Å². The Kier molecular flexibility index (Phi) is 9.16. The van der Waals surface area contributed by atoms with Crippen LogP contribution in [-0.2, 0) is 15.8 Å². The van der Waals surface area contributed by atoms with Crippen LogP contribution in [0.15, 0.2) is 121 Å². The molecule has 0 fully saturated rings. The molecule has 0 spiro atoms. The maximum absolute atomic E-state index is 8.74. The van der Waals surface area contributed by atoms with Crippen LogP contribution in [-0.4, -0.2) is 22.6 Å². The van der Waals surface area contributed by atoms with E-state index in [0.29, 0.717) is 5.75 Å². The number of phenols is 1. The summed E-state index contributed by atoms with van der Waals surface area (Å²) in [7, 11) is -4.67. The topological polar surface area (TPSA) is 94.8 Å². The van der Waals surface area contributed by atoms with Crippen molar-refractivity contribution in [3.8, 4) is 5.75 Å². The van der Waals surface area contributed by atoms with Gasteiger partial charge in [-0.05, 0) is 35.7 Å². The van der Waals surface area contributed by atoms with E-state index in [-0.39, 0.29) is 5.41 Å². The quantitative estimate of drug-likeness (QED) is 0.272. The van der Waals surface area contributed by atoms with E-state index in [4.69, 9.17) is 22.6 Å². The van der Waals surface area contributed by atoms with Crippen molar-refractivity contribution in [3.63, 3.8) is 0 Å². The van der Waals surface area contributed by atoms with Gasteiger partial charge in [0.1, 0.15) is 5.75 Å². The number of hydrogen-bond acceptors (Lipinski definition) is 3. The lowest BCUT2D eigenvalue weighted by Crippen LogP contribution is -2.25. The minimum atomic E-state index is -4.67. The third kappa shape index (κ3) is 8.00. The minimum Gasteiger partial charge on any atom is -0.508 e. The molecule has 4 aromatic rings. The molecule has 0 saturated carbocycles. The fourth-order valence-corrected chi connectivity index (χ4v) is 3.24. The largest absolute Gasteiger partial charge is 0.508 e. The van der Waals surface area contributed by atoms with E-state index in [0.717, 1.165) is 0 Å². The van der Waals surface area contributed by atoms with Crippen LogP contribution in [0.25, 0.3) is 0 Å². The zero-order chi connectivity index (χ0) is 23.5. The molecule has 0 heterocycles. The lowest BCUT2D eigenvalue weighted by Gasteiger charge is -2.31. The molecule has 0 bridgehead atoms. The van der Waals surface area contributed by atoms with E-state index < -0.39 is 10.4 Å². The first-order valence-corrected chi connectivity index (χ1v) is 11.2. The molecule has 0 aliphatic heterocycles. The van der Waals surface area contributed by atoms with Crippen molar-refractivity contribution in [2.45, 2.75) is 12.3 Å². The second kappa shape index (κ2) is 11.8. The van der Waals surface area contributed by atoms with E-state index in [1.54, 1.807) is 24.3 Å². The molecule has 3 N–H and O–H groups in total. The summed E-state index contributed by atoms with van der Waals surface area (Å²) >= 11 is 0. The van der Waals surface area contributed by atoms with Gasteiger partial charge in [0.15, 0.2) is 0 Å². The summed E-state index contributed by atoms with van der Waals surface area (Å²) in [5.41, 5.74) is 3.83. The molecule has 4 rings (SSSR count). The number of phenolic OH excluding ortho intramolecular Hbond substituents is 1. The third-order valence-electron chi connectivity index (χ3n) is 4.81. The van der Waals surface area contributed by atoms with Crippen molar-refractivity contribution >= 4 is 10.4 Å². The highest BCUT2D eigenvalue weighted by atomic mass is 32.3. The molecule has 166 valence electrons. The van der Waals surface area contributed by atoms with Gasteiger partial charge in [0.2, 0.25) is 0 Å². The Morgan fingerprint density at radius 3 is 0.938 bits per heavy atom. The first-order valence-electron chi connectivity index (χ1n) is 9.81. The van der Waals surface area contributed by atoms with Gasteiger partial charge in [0.25, 0.3) is 0 Å². The highest BCUT2D eigenvalue weighted by Crippen LogP contribution is 2.38. The molecular formula is C26H26O5S. The highest BCUT2D eigenvalue weighted by Gasteiger charge is 2.30. The van der Waals surface area contributed by atoms with Gasteiger partial charge in [-0.2, -0.15) is 8.42 Å². The molecule has 0 aliphatic rings. The second-order valence-corrected chi connectivity index (χ2v) is 7.90. The average molecular weight is 451 g/mol. The summed E-state index contributed by atoms with van der Waals surface area (Å²) in [6, 6.07) is 40.8. The Hall–Kier alpha value is -3.45. The molecule has 5 nitrogen and oxygen atoms in total. The maximum Gasteiger partial charge on any atom is 0.394 e. The summed E-state index contributed by atoms with van der Waals surface area (Å²) in [5, 5.41) is 8.63. The first-order chi connectivity index (χ1) is 15.2. The molecule has 0 unspecified atom stereocenters. The summed E-state index contributed by atoms with van der Waals surface area (Å²) in [6.45, 7) is 2.30. The van der Waals surface area contributed by atoms with Crippen LogP contribution in [0.1, 0.15) is 23.6 Å². The van der Waals surface area contributed by atoms with Crippen LogP contribution in [0, 0.1) is 0 Å². The molecule has 32 heavy (non-hydrogen) atoms. The Morgan fingerprint density at radius 1 is 0.531 bits per heavy atom. The van der Waals surface area contributed by atoms with Crippen molar-refractivity contribution in [2.24, 2.45) is 0 Å².